The van der Waals surface area contributed by atoms with Crippen LogP contribution in [0.3, 0.4) is 0 Å². The van der Waals surface area contributed by atoms with E-state index in [2.05, 4.69) is 15.0 Å². The number of anilines is 2. The van der Waals surface area contributed by atoms with E-state index in [4.69, 9.17) is 17.2 Å². The van der Waals surface area contributed by atoms with Gasteiger partial charge in [0.05, 0.1) is 0 Å². The van der Waals surface area contributed by atoms with E-state index in [0.29, 0.717) is 24.9 Å². The number of carbonyl (C=O) groups is 1. The van der Waals surface area contributed by atoms with Crippen LogP contribution in [-0.4, -0.2) is 40.0 Å². The molecule has 1 aliphatic carbocycles. The SMILES string of the molecule is NC(=O)c1nc(Sc2cccnc2C(F)(F)F)c(N)nc1N1CCC2(CCCC2N)CC1. The molecule has 0 radical (unpaired) electrons. The lowest BCUT2D eigenvalue weighted by Gasteiger charge is -2.42. The van der Waals surface area contributed by atoms with E-state index >= 15 is 0 Å². The second-order valence-electron chi connectivity index (χ2n) is 8.25. The average molecular weight is 468 g/mol. The third-order valence-electron chi connectivity index (χ3n) is 6.38. The summed E-state index contributed by atoms with van der Waals surface area (Å²) in [5, 5.41) is -0.0349. The molecule has 1 amide bonds. The van der Waals surface area contributed by atoms with Crippen molar-refractivity contribution in [3.8, 4) is 0 Å². The smallest absolute Gasteiger partial charge is 0.381 e. The maximum Gasteiger partial charge on any atom is 0.434 e. The van der Waals surface area contributed by atoms with Crippen LogP contribution in [0.25, 0.3) is 0 Å². The van der Waals surface area contributed by atoms with Gasteiger partial charge in [-0.15, -0.1) is 0 Å². The molecule has 1 unspecified atom stereocenters. The lowest BCUT2D eigenvalue weighted by atomic mass is 9.74. The van der Waals surface area contributed by atoms with Gasteiger partial charge in [0, 0.05) is 30.2 Å². The Labute approximate surface area is 187 Å². The van der Waals surface area contributed by atoms with E-state index in [0.717, 1.165) is 38.3 Å². The summed E-state index contributed by atoms with van der Waals surface area (Å²) in [7, 11) is 0. The van der Waals surface area contributed by atoms with E-state index in [1.165, 1.54) is 12.1 Å². The molecule has 1 saturated carbocycles. The van der Waals surface area contributed by atoms with E-state index in [1.54, 1.807) is 0 Å². The van der Waals surface area contributed by atoms with Crippen LogP contribution in [0.2, 0.25) is 0 Å². The Bertz CT molecular complexity index is 1020. The van der Waals surface area contributed by atoms with Crippen LogP contribution >= 0.6 is 11.8 Å². The molecule has 2 aliphatic rings. The first-order valence-corrected chi connectivity index (χ1v) is 11.1. The molecule has 12 heteroatoms. The Balaban J connectivity index is 1.62. The first-order chi connectivity index (χ1) is 15.1. The second-order valence-corrected chi connectivity index (χ2v) is 9.28. The molecule has 2 fully saturated rings. The number of amides is 1. The standard InChI is InChI=1S/C20H24F3N7OS/c21-20(22,23)14-11(3-2-8-27-14)32-18-15(25)29-17(13(28-18)16(26)31)30-9-6-19(7-10-30)5-1-4-12(19)24/h2-3,8,12H,1,4-7,9-10,24H2,(H2,25,29)(H2,26,31). The van der Waals surface area contributed by atoms with Crippen LogP contribution in [0.1, 0.15) is 48.3 Å². The molecule has 2 aromatic heterocycles. The van der Waals surface area contributed by atoms with Crippen LogP contribution < -0.4 is 22.1 Å². The number of halogens is 3. The molecular formula is C20H24F3N7OS. The van der Waals surface area contributed by atoms with Gasteiger partial charge in [-0.2, -0.15) is 13.2 Å². The molecule has 3 heterocycles. The molecule has 1 atom stereocenters. The maximum atomic E-state index is 13.3. The van der Waals surface area contributed by atoms with Crippen molar-refractivity contribution < 1.29 is 18.0 Å². The van der Waals surface area contributed by atoms with Gasteiger partial charge in [-0.3, -0.25) is 9.78 Å². The molecule has 1 saturated heterocycles. The fourth-order valence-electron chi connectivity index (χ4n) is 4.62. The molecule has 172 valence electrons. The number of rotatable bonds is 4. The average Bonchev–Trinajstić information content (AvgIpc) is 3.09. The molecule has 0 bridgehead atoms. The van der Waals surface area contributed by atoms with Crippen molar-refractivity contribution in [2.24, 2.45) is 16.9 Å². The molecule has 1 aliphatic heterocycles. The van der Waals surface area contributed by atoms with Gasteiger partial charge in [0.25, 0.3) is 5.91 Å². The minimum atomic E-state index is -4.65. The van der Waals surface area contributed by atoms with Crippen molar-refractivity contribution in [1.82, 2.24) is 15.0 Å². The van der Waals surface area contributed by atoms with Crippen LogP contribution in [0.5, 0.6) is 0 Å². The third-order valence-corrected chi connectivity index (χ3v) is 7.43. The summed E-state index contributed by atoms with van der Waals surface area (Å²) >= 11 is 0.646. The molecule has 2 aromatic rings. The van der Waals surface area contributed by atoms with Gasteiger partial charge in [0.15, 0.2) is 23.0 Å². The Morgan fingerprint density at radius 3 is 2.53 bits per heavy atom. The van der Waals surface area contributed by atoms with Crippen molar-refractivity contribution in [1.29, 1.82) is 0 Å². The van der Waals surface area contributed by atoms with Gasteiger partial charge in [-0.05, 0) is 43.2 Å². The van der Waals surface area contributed by atoms with Gasteiger partial charge in [0.1, 0.15) is 5.03 Å². The zero-order chi connectivity index (χ0) is 23.1. The van der Waals surface area contributed by atoms with Crippen LogP contribution in [0.15, 0.2) is 28.3 Å². The van der Waals surface area contributed by atoms with Gasteiger partial charge in [-0.25, -0.2) is 9.97 Å². The van der Waals surface area contributed by atoms with E-state index in [1.807, 2.05) is 4.90 Å². The first-order valence-electron chi connectivity index (χ1n) is 10.3. The lowest BCUT2D eigenvalue weighted by Crippen LogP contribution is -2.47. The number of nitrogen functional groups attached to an aromatic ring is 1. The molecule has 0 aromatic carbocycles. The Kier molecular flexibility index (Phi) is 5.93. The van der Waals surface area contributed by atoms with Crippen molar-refractivity contribution in [3.05, 3.63) is 29.7 Å². The summed E-state index contributed by atoms with van der Waals surface area (Å²) in [5.41, 5.74) is 16.8. The number of hydrogen-bond acceptors (Lipinski definition) is 8. The van der Waals surface area contributed by atoms with E-state index in [9.17, 15) is 18.0 Å². The number of hydrogen-bond donors (Lipinski definition) is 3. The minimum absolute atomic E-state index is 0.0349. The Morgan fingerprint density at radius 2 is 1.94 bits per heavy atom. The van der Waals surface area contributed by atoms with Gasteiger partial charge >= 0.3 is 6.18 Å². The van der Waals surface area contributed by atoms with Gasteiger partial charge in [0.2, 0.25) is 0 Å². The fraction of sp³-hybridized carbons (Fsp3) is 0.500. The van der Waals surface area contributed by atoms with Gasteiger partial charge < -0.3 is 22.1 Å². The van der Waals surface area contributed by atoms with Crippen molar-refractivity contribution in [2.45, 2.75) is 54.2 Å². The maximum absolute atomic E-state index is 13.3. The van der Waals surface area contributed by atoms with Crippen molar-refractivity contribution >= 4 is 29.3 Å². The van der Waals surface area contributed by atoms with Gasteiger partial charge in [-0.1, -0.05) is 18.2 Å². The summed E-state index contributed by atoms with van der Waals surface area (Å²) in [6.45, 7) is 1.24. The quantitative estimate of drug-likeness (QED) is 0.624. The summed E-state index contributed by atoms with van der Waals surface area (Å²) in [4.78, 5) is 25.8. The van der Waals surface area contributed by atoms with Crippen LogP contribution in [0.4, 0.5) is 24.8 Å². The number of primary amides is 1. The second kappa shape index (κ2) is 8.39. The lowest BCUT2D eigenvalue weighted by molar-refractivity contribution is -0.143. The molecule has 32 heavy (non-hydrogen) atoms. The van der Waals surface area contributed by atoms with Crippen molar-refractivity contribution in [2.75, 3.05) is 23.7 Å². The minimum Gasteiger partial charge on any atom is -0.381 e. The summed E-state index contributed by atoms with van der Waals surface area (Å²) in [6, 6.07) is 2.80. The number of nitrogens with two attached hydrogens (primary N) is 3. The predicted octanol–water partition coefficient (Wildman–Crippen LogP) is 2.82. The number of pyridine rings is 1. The summed E-state index contributed by atoms with van der Waals surface area (Å²) in [5.74, 6) is -0.651. The highest BCUT2D eigenvalue weighted by atomic mass is 32.2. The van der Waals surface area contributed by atoms with Crippen LogP contribution in [0, 0.1) is 5.41 Å². The molecule has 8 nitrogen and oxygen atoms in total. The third kappa shape index (κ3) is 4.20. The number of aromatic nitrogens is 3. The number of alkyl halides is 3. The normalized spacial score (nSPS) is 20.6. The summed E-state index contributed by atoms with van der Waals surface area (Å²) < 4.78 is 39.9. The highest BCUT2D eigenvalue weighted by molar-refractivity contribution is 7.99. The number of carbonyl (C=O) groups excluding carboxylic acids is 1. The highest BCUT2D eigenvalue weighted by Gasteiger charge is 2.43. The Morgan fingerprint density at radius 1 is 1.22 bits per heavy atom. The zero-order valence-electron chi connectivity index (χ0n) is 17.2. The van der Waals surface area contributed by atoms with Crippen LogP contribution in [-0.2, 0) is 6.18 Å². The Hall–Kier alpha value is -2.60. The topological polar surface area (TPSA) is 137 Å². The summed E-state index contributed by atoms with van der Waals surface area (Å²) in [6.07, 6.45) is 1.33. The molecule has 1 spiro atoms. The largest absolute Gasteiger partial charge is 0.434 e. The predicted molar refractivity (Wildman–Crippen MR) is 114 cm³/mol. The van der Waals surface area contributed by atoms with E-state index < -0.39 is 17.8 Å². The number of piperidine rings is 1. The fourth-order valence-corrected chi connectivity index (χ4v) is 5.53. The van der Waals surface area contributed by atoms with E-state index in [-0.39, 0.29) is 38.7 Å². The highest BCUT2D eigenvalue weighted by Crippen LogP contribution is 2.46. The molecule has 4 rings (SSSR count). The molecular weight excluding hydrogens is 443 g/mol. The first kappa shape index (κ1) is 22.6. The monoisotopic (exact) mass is 467 g/mol. The van der Waals surface area contributed by atoms with Crippen molar-refractivity contribution in [3.63, 3.8) is 0 Å². The molecule has 6 N–H and O–H groups in total. The number of nitrogens with zero attached hydrogens (tertiary/aromatic N) is 4. The zero-order valence-corrected chi connectivity index (χ0v) is 18.0.